The van der Waals surface area contributed by atoms with E-state index in [1.165, 1.54) is 17.3 Å². The van der Waals surface area contributed by atoms with Crippen LogP contribution in [0.25, 0.3) is 0 Å². The number of nitrogens with zero attached hydrogens (tertiary/aromatic N) is 3. The summed E-state index contributed by atoms with van der Waals surface area (Å²) in [5.74, 6) is 2.24. The van der Waals surface area contributed by atoms with Gasteiger partial charge in [-0.2, -0.15) is 0 Å². The molecule has 0 aliphatic carbocycles. The molecule has 27 heavy (non-hydrogen) atoms. The predicted molar refractivity (Wildman–Crippen MR) is 107 cm³/mol. The number of benzene rings is 2. The fourth-order valence-corrected chi connectivity index (χ4v) is 3.58. The summed E-state index contributed by atoms with van der Waals surface area (Å²) in [6.45, 7) is 3.47. The van der Waals surface area contributed by atoms with E-state index in [-0.39, 0.29) is 5.82 Å². The summed E-state index contributed by atoms with van der Waals surface area (Å²) in [5, 5.41) is 3.32. The van der Waals surface area contributed by atoms with Crippen LogP contribution in [0.1, 0.15) is 23.4 Å². The van der Waals surface area contributed by atoms with E-state index in [0.29, 0.717) is 18.5 Å². The van der Waals surface area contributed by atoms with E-state index in [0.717, 1.165) is 36.8 Å². The van der Waals surface area contributed by atoms with Gasteiger partial charge in [0.25, 0.3) is 0 Å². The molecule has 2 heterocycles. The van der Waals surface area contributed by atoms with E-state index in [9.17, 15) is 4.39 Å². The number of hydrogen-bond donors (Lipinski definition) is 1. The number of para-hydroxylation sites is 1. The van der Waals surface area contributed by atoms with Gasteiger partial charge in [0, 0.05) is 24.8 Å². The van der Waals surface area contributed by atoms with Crippen LogP contribution in [0.2, 0.25) is 0 Å². The first-order valence-electron chi connectivity index (χ1n) is 9.39. The number of aromatic nitrogens is 2. The van der Waals surface area contributed by atoms with E-state index >= 15 is 0 Å². The third kappa shape index (κ3) is 3.92. The number of rotatable bonds is 5. The van der Waals surface area contributed by atoms with Crippen LogP contribution < -0.4 is 10.2 Å². The van der Waals surface area contributed by atoms with Crippen LogP contribution in [0.15, 0.2) is 54.6 Å². The fraction of sp³-hybridized carbons (Fsp3) is 0.273. The monoisotopic (exact) mass is 362 g/mol. The van der Waals surface area contributed by atoms with Crippen molar-refractivity contribution in [1.29, 1.82) is 0 Å². The predicted octanol–water partition coefficient (Wildman–Crippen LogP) is 4.66. The Labute approximate surface area is 159 Å². The van der Waals surface area contributed by atoms with Crippen LogP contribution in [0.4, 0.5) is 21.7 Å². The standard InChI is InChI=1S/C22H23FN4/c1-16-25-21(24-13-12-17-7-2-4-10-19(17)23)15-22(26-16)27-14-6-9-18-8-3-5-11-20(18)27/h2-5,7-8,10-11,15H,6,9,12-14H2,1H3,(H,24,25,26). The van der Waals surface area contributed by atoms with Crippen LogP contribution in [0, 0.1) is 12.7 Å². The summed E-state index contributed by atoms with van der Waals surface area (Å²) >= 11 is 0. The zero-order valence-electron chi connectivity index (χ0n) is 15.5. The van der Waals surface area contributed by atoms with Crippen molar-refractivity contribution in [3.05, 3.63) is 77.4 Å². The summed E-state index contributed by atoms with van der Waals surface area (Å²) in [5.41, 5.74) is 3.29. The molecule has 2 aromatic carbocycles. The average Bonchev–Trinajstić information content (AvgIpc) is 2.68. The molecule has 0 unspecified atom stereocenters. The molecule has 0 fully saturated rings. The second-order valence-corrected chi connectivity index (χ2v) is 6.81. The molecule has 0 bridgehead atoms. The Morgan fingerprint density at radius 1 is 1.07 bits per heavy atom. The Morgan fingerprint density at radius 2 is 1.89 bits per heavy atom. The molecule has 0 atom stereocenters. The molecule has 1 aliphatic rings. The van der Waals surface area contributed by atoms with Crippen molar-refractivity contribution in [2.24, 2.45) is 0 Å². The molecule has 1 aliphatic heterocycles. The van der Waals surface area contributed by atoms with E-state index in [1.807, 2.05) is 25.1 Å². The third-order valence-electron chi connectivity index (χ3n) is 4.87. The van der Waals surface area contributed by atoms with E-state index in [2.05, 4.69) is 44.5 Å². The summed E-state index contributed by atoms with van der Waals surface area (Å²) in [4.78, 5) is 11.4. The van der Waals surface area contributed by atoms with Crippen molar-refractivity contribution in [2.75, 3.05) is 23.3 Å². The Kier molecular flexibility index (Phi) is 5.01. The highest BCUT2D eigenvalue weighted by Crippen LogP contribution is 2.32. The van der Waals surface area contributed by atoms with Gasteiger partial charge in [0.15, 0.2) is 0 Å². The minimum atomic E-state index is -0.163. The molecule has 5 heteroatoms. The highest BCUT2D eigenvalue weighted by atomic mass is 19.1. The normalized spacial score (nSPS) is 13.3. The van der Waals surface area contributed by atoms with Crippen molar-refractivity contribution >= 4 is 17.3 Å². The van der Waals surface area contributed by atoms with Gasteiger partial charge in [-0.1, -0.05) is 36.4 Å². The molecular weight excluding hydrogens is 339 g/mol. The molecule has 1 aromatic heterocycles. The third-order valence-corrected chi connectivity index (χ3v) is 4.87. The molecule has 0 spiro atoms. The second-order valence-electron chi connectivity index (χ2n) is 6.81. The van der Waals surface area contributed by atoms with Crippen molar-refractivity contribution in [3.8, 4) is 0 Å². The molecule has 138 valence electrons. The molecule has 3 aromatic rings. The number of anilines is 3. The van der Waals surface area contributed by atoms with Gasteiger partial charge < -0.3 is 10.2 Å². The number of fused-ring (bicyclic) bond motifs is 1. The van der Waals surface area contributed by atoms with Gasteiger partial charge in [-0.3, -0.25) is 0 Å². The van der Waals surface area contributed by atoms with Crippen molar-refractivity contribution in [1.82, 2.24) is 9.97 Å². The van der Waals surface area contributed by atoms with Crippen LogP contribution in [-0.2, 0) is 12.8 Å². The maximum absolute atomic E-state index is 13.8. The smallest absolute Gasteiger partial charge is 0.138 e. The van der Waals surface area contributed by atoms with Gasteiger partial charge in [0.05, 0.1) is 0 Å². The van der Waals surface area contributed by atoms with E-state index in [4.69, 9.17) is 0 Å². The van der Waals surface area contributed by atoms with Gasteiger partial charge in [0.2, 0.25) is 0 Å². The molecule has 0 saturated carbocycles. The number of nitrogens with one attached hydrogen (secondary N) is 1. The van der Waals surface area contributed by atoms with Crippen LogP contribution in [-0.4, -0.2) is 23.1 Å². The first-order valence-corrected chi connectivity index (χ1v) is 9.39. The quantitative estimate of drug-likeness (QED) is 0.716. The molecule has 0 radical (unpaired) electrons. The molecule has 4 rings (SSSR count). The van der Waals surface area contributed by atoms with Crippen LogP contribution in [0.3, 0.4) is 0 Å². The SMILES string of the molecule is Cc1nc(NCCc2ccccc2F)cc(N2CCCc3ccccc32)n1. The van der Waals surface area contributed by atoms with Crippen molar-refractivity contribution < 1.29 is 4.39 Å². The zero-order valence-corrected chi connectivity index (χ0v) is 15.5. The largest absolute Gasteiger partial charge is 0.370 e. The summed E-state index contributed by atoms with van der Waals surface area (Å²) in [6.07, 6.45) is 2.82. The maximum atomic E-state index is 13.8. The summed E-state index contributed by atoms with van der Waals surface area (Å²) in [6, 6.07) is 17.4. The van der Waals surface area contributed by atoms with Gasteiger partial charge in [-0.15, -0.1) is 0 Å². The minimum absolute atomic E-state index is 0.163. The maximum Gasteiger partial charge on any atom is 0.138 e. The van der Waals surface area contributed by atoms with Gasteiger partial charge in [-0.25, -0.2) is 14.4 Å². The fourth-order valence-electron chi connectivity index (χ4n) is 3.58. The topological polar surface area (TPSA) is 41.1 Å². The highest BCUT2D eigenvalue weighted by molar-refractivity contribution is 5.67. The molecule has 1 N–H and O–H groups in total. The van der Waals surface area contributed by atoms with E-state index in [1.54, 1.807) is 6.07 Å². The van der Waals surface area contributed by atoms with E-state index < -0.39 is 0 Å². The lowest BCUT2D eigenvalue weighted by Gasteiger charge is -2.30. The minimum Gasteiger partial charge on any atom is -0.370 e. The van der Waals surface area contributed by atoms with Gasteiger partial charge >= 0.3 is 0 Å². The van der Waals surface area contributed by atoms with Crippen LogP contribution >= 0.6 is 0 Å². The lowest BCUT2D eigenvalue weighted by molar-refractivity contribution is 0.610. The molecule has 4 nitrogen and oxygen atoms in total. The van der Waals surface area contributed by atoms with Crippen molar-refractivity contribution in [2.45, 2.75) is 26.2 Å². The Hall–Kier alpha value is -2.95. The highest BCUT2D eigenvalue weighted by Gasteiger charge is 2.19. The number of aryl methyl sites for hydroxylation is 2. The zero-order chi connectivity index (χ0) is 18.6. The number of hydrogen-bond acceptors (Lipinski definition) is 4. The Bertz CT molecular complexity index is 941. The molecule has 0 saturated heterocycles. The van der Waals surface area contributed by atoms with Crippen LogP contribution in [0.5, 0.6) is 0 Å². The first kappa shape index (κ1) is 17.5. The second kappa shape index (κ2) is 7.74. The molecule has 0 amide bonds. The lowest BCUT2D eigenvalue weighted by Crippen LogP contribution is -2.25. The summed E-state index contributed by atoms with van der Waals surface area (Å²) < 4.78 is 13.8. The summed E-state index contributed by atoms with van der Waals surface area (Å²) in [7, 11) is 0. The van der Waals surface area contributed by atoms with Crippen molar-refractivity contribution in [3.63, 3.8) is 0 Å². The molecular formula is C22H23FN4. The Morgan fingerprint density at radius 3 is 2.78 bits per heavy atom. The van der Waals surface area contributed by atoms with Gasteiger partial charge in [0.1, 0.15) is 23.3 Å². The number of halogens is 1. The Balaban J connectivity index is 1.52. The lowest BCUT2D eigenvalue weighted by atomic mass is 10.0. The average molecular weight is 362 g/mol. The van der Waals surface area contributed by atoms with Gasteiger partial charge in [-0.05, 0) is 49.4 Å². The first-order chi connectivity index (χ1) is 13.2.